The van der Waals surface area contributed by atoms with Gasteiger partial charge in [-0.3, -0.25) is 4.90 Å². The van der Waals surface area contributed by atoms with E-state index in [0.29, 0.717) is 18.3 Å². The number of hydrogen-bond donors (Lipinski definition) is 1. The molecule has 1 aliphatic heterocycles. The highest BCUT2D eigenvalue weighted by molar-refractivity contribution is 9.10. The molecule has 3 rings (SSSR count). The van der Waals surface area contributed by atoms with Gasteiger partial charge in [-0.2, -0.15) is 0 Å². The van der Waals surface area contributed by atoms with E-state index >= 15 is 0 Å². The van der Waals surface area contributed by atoms with Crippen LogP contribution >= 0.6 is 15.9 Å². The van der Waals surface area contributed by atoms with Crippen LogP contribution in [-0.4, -0.2) is 39.4 Å². The van der Waals surface area contributed by atoms with Crippen LogP contribution in [0, 0.1) is 5.92 Å². The Morgan fingerprint density at radius 2 is 2.10 bits per heavy atom. The quantitative estimate of drug-likeness (QED) is 0.920. The smallest absolute Gasteiger partial charge is 0.247 e. The van der Waals surface area contributed by atoms with Gasteiger partial charge in [0.05, 0.1) is 12.6 Å². The van der Waals surface area contributed by atoms with E-state index in [9.17, 15) is 5.11 Å². The Bertz CT molecular complexity index is 599. The maximum atomic E-state index is 9.75. The summed E-state index contributed by atoms with van der Waals surface area (Å²) >= 11 is 3.41. The van der Waals surface area contributed by atoms with Crippen molar-refractivity contribution in [2.24, 2.45) is 5.92 Å². The minimum absolute atomic E-state index is 0.192. The molecule has 2 aromatic rings. The van der Waals surface area contributed by atoms with Crippen LogP contribution in [0.2, 0.25) is 0 Å². The van der Waals surface area contributed by atoms with Crippen LogP contribution in [0.5, 0.6) is 0 Å². The molecule has 2 atom stereocenters. The van der Waals surface area contributed by atoms with Crippen molar-refractivity contribution in [3.05, 3.63) is 34.6 Å². The Morgan fingerprint density at radius 3 is 2.81 bits per heavy atom. The average Bonchev–Trinajstić information content (AvgIpc) is 2.92. The molecule has 1 fully saturated rings. The van der Waals surface area contributed by atoms with E-state index in [0.717, 1.165) is 29.5 Å². The molecule has 6 heteroatoms. The summed E-state index contributed by atoms with van der Waals surface area (Å²) in [6, 6.07) is 7.79. The highest BCUT2D eigenvalue weighted by Gasteiger charge is 2.25. The molecule has 1 aromatic carbocycles. The molecule has 1 aliphatic rings. The lowest BCUT2D eigenvalue weighted by Crippen LogP contribution is -2.41. The molecule has 1 aromatic heterocycles. The molecule has 0 radical (unpaired) electrons. The van der Waals surface area contributed by atoms with Crippen molar-refractivity contribution in [2.75, 3.05) is 13.1 Å². The van der Waals surface area contributed by atoms with Gasteiger partial charge in [0, 0.05) is 23.1 Å². The lowest BCUT2D eigenvalue weighted by atomic mass is 9.97. The highest BCUT2D eigenvalue weighted by atomic mass is 79.9. The molecule has 112 valence electrons. The largest absolute Gasteiger partial charge is 0.419 e. The van der Waals surface area contributed by atoms with Gasteiger partial charge >= 0.3 is 0 Å². The molecular weight excluding hydrogens is 334 g/mol. The fourth-order valence-electron chi connectivity index (χ4n) is 2.58. The van der Waals surface area contributed by atoms with Gasteiger partial charge in [-0.1, -0.05) is 22.9 Å². The van der Waals surface area contributed by atoms with E-state index < -0.39 is 0 Å². The van der Waals surface area contributed by atoms with E-state index in [1.807, 2.05) is 24.3 Å². The Hall–Kier alpha value is -1.24. The Balaban J connectivity index is 1.66. The molecule has 0 bridgehead atoms. The van der Waals surface area contributed by atoms with Gasteiger partial charge in [-0.05, 0) is 36.6 Å². The summed E-state index contributed by atoms with van der Waals surface area (Å²) in [5, 5.41) is 18.0. The van der Waals surface area contributed by atoms with Gasteiger partial charge in [0.15, 0.2) is 0 Å². The van der Waals surface area contributed by atoms with Crippen LogP contribution in [0.25, 0.3) is 11.5 Å². The molecule has 21 heavy (non-hydrogen) atoms. The highest BCUT2D eigenvalue weighted by Crippen LogP contribution is 2.22. The second-order valence-corrected chi connectivity index (χ2v) is 6.49. The molecule has 1 N–H and O–H groups in total. The molecule has 0 spiro atoms. The minimum Gasteiger partial charge on any atom is -0.419 e. The van der Waals surface area contributed by atoms with Gasteiger partial charge in [-0.25, -0.2) is 0 Å². The van der Waals surface area contributed by atoms with Crippen molar-refractivity contribution in [1.29, 1.82) is 0 Å². The first-order valence-corrected chi connectivity index (χ1v) is 7.90. The molecule has 1 saturated heterocycles. The first-order chi connectivity index (χ1) is 10.1. The number of aromatic nitrogens is 2. The number of halogens is 1. The molecule has 2 heterocycles. The Labute approximate surface area is 132 Å². The predicted octanol–water partition coefficient (Wildman–Crippen LogP) is 2.70. The van der Waals surface area contributed by atoms with E-state index in [2.05, 4.69) is 38.0 Å². The second-order valence-electron chi connectivity index (χ2n) is 5.58. The van der Waals surface area contributed by atoms with Crippen LogP contribution in [0.4, 0.5) is 0 Å². The van der Waals surface area contributed by atoms with E-state index in [4.69, 9.17) is 4.42 Å². The first-order valence-electron chi connectivity index (χ1n) is 7.10. The maximum Gasteiger partial charge on any atom is 0.247 e. The summed E-state index contributed by atoms with van der Waals surface area (Å²) in [7, 11) is 0. The third-order valence-corrected chi connectivity index (χ3v) is 4.39. The van der Waals surface area contributed by atoms with E-state index in [1.54, 1.807) is 0 Å². The van der Waals surface area contributed by atoms with Crippen molar-refractivity contribution in [3.63, 3.8) is 0 Å². The SMILES string of the molecule is CC1CN(Cc2nnc(-c3ccc(Br)cc3)o2)CCC1O. The van der Waals surface area contributed by atoms with Crippen LogP contribution in [0.1, 0.15) is 19.2 Å². The van der Waals surface area contributed by atoms with E-state index in [1.165, 1.54) is 0 Å². The van der Waals surface area contributed by atoms with Crippen molar-refractivity contribution in [2.45, 2.75) is 26.0 Å². The lowest BCUT2D eigenvalue weighted by molar-refractivity contribution is 0.0290. The summed E-state index contributed by atoms with van der Waals surface area (Å²) in [6.45, 7) is 4.43. The number of aliphatic hydroxyl groups is 1. The summed E-state index contributed by atoms with van der Waals surface area (Å²) < 4.78 is 6.75. The summed E-state index contributed by atoms with van der Waals surface area (Å²) in [5.74, 6) is 1.45. The number of piperidine rings is 1. The molecule has 2 unspecified atom stereocenters. The van der Waals surface area contributed by atoms with Crippen LogP contribution in [0.3, 0.4) is 0 Å². The number of nitrogens with zero attached hydrogens (tertiary/aromatic N) is 3. The number of likely N-dealkylation sites (tertiary alicyclic amines) is 1. The minimum atomic E-state index is -0.192. The van der Waals surface area contributed by atoms with E-state index in [-0.39, 0.29) is 12.0 Å². The zero-order chi connectivity index (χ0) is 14.8. The molecule has 0 aliphatic carbocycles. The maximum absolute atomic E-state index is 9.75. The third kappa shape index (κ3) is 3.51. The van der Waals surface area contributed by atoms with Crippen molar-refractivity contribution >= 4 is 15.9 Å². The van der Waals surface area contributed by atoms with Gasteiger partial charge in [0.2, 0.25) is 11.8 Å². The number of hydrogen-bond acceptors (Lipinski definition) is 5. The van der Waals surface area contributed by atoms with Crippen LogP contribution in [0.15, 0.2) is 33.2 Å². The van der Waals surface area contributed by atoms with Crippen molar-refractivity contribution < 1.29 is 9.52 Å². The van der Waals surface area contributed by atoms with Crippen molar-refractivity contribution in [3.8, 4) is 11.5 Å². The molecular formula is C15H18BrN3O2. The van der Waals surface area contributed by atoms with Gasteiger partial charge < -0.3 is 9.52 Å². The normalized spacial score (nSPS) is 23.4. The Kier molecular flexibility index (Phi) is 4.37. The number of benzene rings is 1. The monoisotopic (exact) mass is 351 g/mol. The Morgan fingerprint density at radius 1 is 1.33 bits per heavy atom. The van der Waals surface area contributed by atoms with Crippen molar-refractivity contribution in [1.82, 2.24) is 15.1 Å². The summed E-state index contributed by atoms with van der Waals surface area (Å²) in [5.41, 5.74) is 0.916. The topological polar surface area (TPSA) is 62.4 Å². The molecule has 0 saturated carbocycles. The van der Waals surface area contributed by atoms with Gasteiger partial charge in [-0.15, -0.1) is 10.2 Å². The third-order valence-electron chi connectivity index (χ3n) is 3.86. The summed E-state index contributed by atoms with van der Waals surface area (Å²) in [4.78, 5) is 2.25. The zero-order valence-electron chi connectivity index (χ0n) is 11.9. The fourth-order valence-corrected chi connectivity index (χ4v) is 2.85. The lowest BCUT2D eigenvalue weighted by Gasteiger charge is -2.33. The second kappa shape index (κ2) is 6.25. The molecule has 0 amide bonds. The standard InChI is InChI=1S/C15H18BrN3O2/c1-10-8-19(7-6-13(10)20)9-14-17-18-15(21-14)11-2-4-12(16)5-3-11/h2-5,10,13,20H,6-9H2,1H3. The number of aliphatic hydroxyl groups excluding tert-OH is 1. The van der Waals surface area contributed by atoms with Crippen LogP contribution < -0.4 is 0 Å². The van der Waals surface area contributed by atoms with Gasteiger partial charge in [0.1, 0.15) is 0 Å². The average molecular weight is 352 g/mol. The zero-order valence-corrected chi connectivity index (χ0v) is 13.5. The molecule has 5 nitrogen and oxygen atoms in total. The number of rotatable bonds is 3. The summed E-state index contributed by atoms with van der Waals surface area (Å²) in [6.07, 6.45) is 0.608. The fraction of sp³-hybridized carbons (Fsp3) is 0.467. The van der Waals surface area contributed by atoms with Gasteiger partial charge in [0.25, 0.3) is 0 Å². The predicted molar refractivity (Wildman–Crippen MR) is 82.5 cm³/mol. The first kappa shape index (κ1) is 14.7. The van der Waals surface area contributed by atoms with Crippen LogP contribution in [-0.2, 0) is 6.54 Å².